The van der Waals surface area contributed by atoms with Crippen molar-refractivity contribution in [3.63, 3.8) is 0 Å². The molecule has 0 bridgehead atoms. The van der Waals surface area contributed by atoms with Gasteiger partial charge in [0.25, 0.3) is 0 Å². The zero-order valence-electron chi connectivity index (χ0n) is 24.3. The van der Waals surface area contributed by atoms with E-state index in [1.54, 1.807) is 9.47 Å². The summed E-state index contributed by atoms with van der Waals surface area (Å²) in [6.07, 6.45) is -35.6. The zero-order valence-corrected chi connectivity index (χ0v) is 24.3. The second-order valence-electron chi connectivity index (χ2n) is 9.56. The van der Waals surface area contributed by atoms with E-state index in [-0.39, 0.29) is 5.75 Å². The Morgan fingerprint density at radius 2 is 1.17 bits per heavy atom. The zero-order chi connectivity index (χ0) is 36.4. The number of rotatable bonds is 21. The van der Waals surface area contributed by atoms with Crippen LogP contribution < -0.4 is 9.47 Å². The minimum absolute atomic E-state index is 0.0481. The minimum atomic E-state index is -7.16. The lowest BCUT2D eigenvalue weighted by atomic mass is 10.2. The maximum atomic E-state index is 14.0. The monoisotopic (exact) mass is 728 g/mol. The van der Waals surface area contributed by atoms with Crippen LogP contribution in [0, 0.1) is 0 Å². The van der Waals surface area contributed by atoms with Crippen LogP contribution in [0.2, 0.25) is 0 Å². The van der Waals surface area contributed by atoms with Gasteiger partial charge in [0.1, 0.15) is 19.0 Å². The Bertz CT molecular complexity index is 1250. The molecule has 0 saturated carbocycles. The first-order valence-corrected chi connectivity index (χ1v) is 13.5. The molecule has 274 valence electrons. The SMILES string of the molecule is CCCCCCOc1cnc(-c2ccc(OCC(F)COCC(F)(F)OC(F)(F)C(F)(F)OC(F)(F)C(F)(F)OC(F)(F)F)cc2)nc1. The summed E-state index contributed by atoms with van der Waals surface area (Å²) >= 11 is 0. The number of hydrogen-bond donors (Lipinski definition) is 0. The van der Waals surface area contributed by atoms with Gasteiger partial charge in [0.15, 0.2) is 17.7 Å². The predicted octanol–water partition coefficient (Wildman–Crippen LogP) is 8.37. The molecule has 0 aliphatic carbocycles. The first-order chi connectivity index (χ1) is 22.0. The molecular weight excluding hydrogens is 702 g/mol. The van der Waals surface area contributed by atoms with Gasteiger partial charge in [0.2, 0.25) is 0 Å². The summed E-state index contributed by atoms with van der Waals surface area (Å²) in [5.74, 6) is 0.811. The fourth-order valence-electron chi connectivity index (χ4n) is 3.26. The van der Waals surface area contributed by atoms with E-state index < -0.39 is 62.9 Å². The van der Waals surface area contributed by atoms with Crippen molar-refractivity contribution in [3.05, 3.63) is 36.7 Å². The van der Waals surface area contributed by atoms with Crippen LogP contribution in [-0.4, -0.2) is 79.5 Å². The predicted molar refractivity (Wildman–Crippen MR) is 132 cm³/mol. The number of nitrogens with zero attached hydrogens (tertiary/aromatic N) is 2. The maximum Gasteiger partial charge on any atom is 0.527 e. The van der Waals surface area contributed by atoms with Crippen molar-refractivity contribution in [1.82, 2.24) is 9.97 Å². The van der Waals surface area contributed by atoms with Crippen molar-refractivity contribution in [3.8, 4) is 22.9 Å². The van der Waals surface area contributed by atoms with E-state index in [0.29, 0.717) is 23.7 Å². The standard InChI is InChI=1S/C26H26F14N2O6/c1-2-3-4-5-10-44-19-11-41-20(42-12-19)16-6-8-18(9-7-16)45-14-17(27)13-43-15-21(28,29)46-22(30,31)23(32,33)47-24(34,35)25(36,37)48-26(38,39)40/h6-9,11-12,17H,2-5,10,13-15H2,1H3. The molecule has 2 rings (SSSR count). The van der Waals surface area contributed by atoms with E-state index in [1.165, 1.54) is 36.7 Å². The molecule has 22 heteroatoms. The minimum Gasteiger partial charge on any atom is -0.490 e. The van der Waals surface area contributed by atoms with Crippen LogP contribution in [0.15, 0.2) is 36.7 Å². The molecule has 0 spiro atoms. The van der Waals surface area contributed by atoms with Crippen LogP contribution in [0.25, 0.3) is 11.4 Å². The van der Waals surface area contributed by atoms with Gasteiger partial charge in [0.05, 0.1) is 25.6 Å². The molecule has 0 N–H and O–H groups in total. The lowest BCUT2D eigenvalue weighted by molar-refractivity contribution is -0.564. The Balaban J connectivity index is 1.83. The smallest absolute Gasteiger partial charge is 0.490 e. The molecule has 1 aromatic carbocycles. The largest absolute Gasteiger partial charge is 0.527 e. The van der Waals surface area contributed by atoms with Gasteiger partial charge in [-0.1, -0.05) is 26.2 Å². The Kier molecular flexibility index (Phi) is 14.0. The fraction of sp³-hybridized carbons (Fsp3) is 0.615. The lowest BCUT2D eigenvalue weighted by Gasteiger charge is -2.33. The molecule has 0 saturated heterocycles. The first kappa shape index (κ1) is 40.9. The number of unbranched alkanes of at least 4 members (excludes halogenated alkanes) is 3. The van der Waals surface area contributed by atoms with Crippen molar-refractivity contribution >= 4 is 0 Å². The summed E-state index contributed by atoms with van der Waals surface area (Å²) < 4.78 is 203. The molecule has 48 heavy (non-hydrogen) atoms. The summed E-state index contributed by atoms with van der Waals surface area (Å²) in [7, 11) is 0. The van der Waals surface area contributed by atoms with Crippen LogP contribution in [0.4, 0.5) is 61.5 Å². The Labute approximate surface area is 262 Å². The summed E-state index contributed by atoms with van der Waals surface area (Å²) in [4.78, 5) is 8.34. The van der Waals surface area contributed by atoms with Gasteiger partial charge in [-0.3, -0.25) is 0 Å². The van der Waals surface area contributed by atoms with Gasteiger partial charge in [-0.15, -0.1) is 13.2 Å². The van der Waals surface area contributed by atoms with Crippen LogP contribution in [0.1, 0.15) is 32.6 Å². The molecule has 1 unspecified atom stereocenters. The number of aromatic nitrogens is 2. The number of halogens is 14. The molecule has 1 aromatic heterocycles. The van der Waals surface area contributed by atoms with E-state index in [1.807, 2.05) is 0 Å². The molecule has 2 aromatic rings. The van der Waals surface area contributed by atoms with Crippen molar-refractivity contribution < 1.29 is 89.9 Å². The number of hydrogen-bond acceptors (Lipinski definition) is 8. The third-order valence-corrected chi connectivity index (χ3v) is 5.46. The highest BCUT2D eigenvalue weighted by Crippen LogP contribution is 2.48. The third-order valence-electron chi connectivity index (χ3n) is 5.46. The number of alkyl halides is 14. The second-order valence-corrected chi connectivity index (χ2v) is 9.56. The normalized spacial score (nSPS) is 14.2. The quantitative estimate of drug-likeness (QED) is 0.0938. The number of ether oxygens (including phenoxy) is 6. The molecule has 0 radical (unpaired) electrons. The highest BCUT2D eigenvalue weighted by atomic mass is 19.4. The van der Waals surface area contributed by atoms with Crippen molar-refractivity contribution in [1.29, 1.82) is 0 Å². The first-order valence-electron chi connectivity index (χ1n) is 13.5. The van der Waals surface area contributed by atoms with Crippen LogP contribution in [0.5, 0.6) is 11.5 Å². The molecule has 0 amide bonds. The fourth-order valence-corrected chi connectivity index (χ4v) is 3.26. The second kappa shape index (κ2) is 16.4. The van der Waals surface area contributed by atoms with Crippen molar-refractivity contribution in [2.75, 3.05) is 26.4 Å². The molecule has 1 heterocycles. The molecule has 1 atom stereocenters. The molecule has 0 aliphatic heterocycles. The number of benzene rings is 1. The molecule has 0 aliphatic rings. The van der Waals surface area contributed by atoms with E-state index in [0.717, 1.165) is 25.7 Å². The van der Waals surface area contributed by atoms with Crippen LogP contribution in [0.3, 0.4) is 0 Å². The highest BCUT2D eigenvalue weighted by Gasteiger charge is 2.74. The third kappa shape index (κ3) is 13.0. The van der Waals surface area contributed by atoms with Gasteiger partial charge in [-0.2, -0.15) is 43.9 Å². The summed E-state index contributed by atoms with van der Waals surface area (Å²) in [6, 6.07) is 5.67. The lowest BCUT2D eigenvalue weighted by Crippen LogP contribution is -2.57. The summed E-state index contributed by atoms with van der Waals surface area (Å²) in [5, 5.41) is 0. The van der Waals surface area contributed by atoms with E-state index >= 15 is 0 Å². The van der Waals surface area contributed by atoms with Gasteiger partial charge >= 0.3 is 36.9 Å². The van der Waals surface area contributed by atoms with Gasteiger partial charge in [-0.25, -0.2) is 28.6 Å². The topological polar surface area (TPSA) is 81.2 Å². The van der Waals surface area contributed by atoms with Gasteiger partial charge in [-0.05, 0) is 30.7 Å². The average molecular weight is 728 g/mol. The van der Waals surface area contributed by atoms with E-state index in [2.05, 4.69) is 26.4 Å². The van der Waals surface area contributed by atoms with E-state index in [4.69, 9.17) is 9.47 Å². The van der Waals surface area contributed by atoms with Crippen molar-refractivity contribution in [2.45, 2.75) is 75.7 Å². The highest BCUT2D eigenvalue weighted by molar-refractivity contribution is 5.56. The average Bonchev–Trinajstić information content (AvgIpc) is 2.94. The van der Waals surface area contributed by atoms with Crippen LogP contribution >= 0.6 is 0 Å². The Hall–Kier alpha value is -3.24. The summed E-state index contributed by atoms with van der Waals surface area (Å²) in [5.41, 5.74) is 0.513. The molecular formula is C26H26F14N2O6. The van der Waals surface area contributed by atoms with Crippen LogP contribution in [-0.2, 0) is 18.9 Å². The summed E-state index contributed by atoms with van der Waals surface area (Å²) in [6.45, 7) is -2.08. The maximum absolute atomic E-state index is 14.0. The van der Waals surface area contributed by atoms with E-state index in [9.17, 15) is 61.5 Å². The molecule has 0 fully saturated rings. The van der Waals surface area contributed by atoms with Gasteiger partial charge in [0, 0.05) is 5.56 Å². The Morgan fingerprint density at radius 3 is 1.71 bits per heavy atom. The van der Waals surface area contributed by atoms with Crippen molar-refractivity contribution in [2.24, 2.45) is 0 Å². The Morgan fingerprint density at radius 1 is 0.625 bits per heavy atom. The van der Waals surface area contributed by atoms with Gasteiger partial charge < -0.3 is 14.2 Å². The molecule has 8 nitrogen and oxygen atoms in total.